The molecule has 0 fully saturated rings. The van der Waals surface area contributed by atoms with Crippen LogP contribution in [0.15, 0.2) is 73.1 Å². The van der Waals surface area contributed by atoms with Crippen molar-refractivity contribution in [1.82, 2.24) is 29.5 Å². The normalized spacial score (nSPS) is 11.2. The number of fused-ring (bicyclic) bond motifs is 3. The van der Waals surface area contributed by atoms with E-state index in [2.05, 4.69) is 34.6 Å². The molecule has 2 aromatic carbocycles. The van der Waals surface area contributed by atoms with Gasteiger partial charge in [-0.3, -0.25) is 9.20 Å². The Morgan fingerprint density at radius 1 is 1.00 bits per heavy atom. The Morgan fingerprint density at radius 3 is 2.64 bits per heavy atom. The Hall–Kier alpha value is -4.20. The van der Waals surface area contributed by atoms with Crippen LogP contribution in [0.1, 0.15) is 37.6 Å². The first-order chi connectivity index (χ1) is 17.7. The smallest absolute Gasteiger partial charge is 0.220 e. The number of carbonyl (C=O) groups is 1. The van der Waals surface area contributed by atoms with Crippen LogP contribution in [0.25, 0.3) is 22.4 Å². The molecule has 0 unspecified atom stereocenters. The maximum absolute atomic E-state index is 12.3. The SMILES string of the molecule is CCCCOc1ccc(-c2cc3c4nnc(CCC(=O)NCCc5ccccc5)n4ccn3n2)cc1. The van der Waals surface area contributed by atoms with Crippen LogP contribution in [-0.4, -0.2) is 43.3 Å². The average molecular weight is 483 g/mol. The van der Waals surface area contributed by atoms with Gasteiger partial charge in [0.25, 0.3) is 0 Å². The topological polar surface area (TPSA) is 85.8 Å². The summed E-state index contributed by atoms with van der Waals surface area (Å²) in [5.74, 6) is 1.63. The highest BCUT2D eigenvalue weighted by Gasteiger charge is 2.14. The monoisotopic (exact) mass is 482 g/mol. The van der Waals surface area contributed by atoms with Crippen LogP contribution in [0.2, 0.25) is 0 Å². The van der Waals surface area contributed by atoms with Gasteiger partial charge in [-0.15, -0.1) is 10.2 Å². The molecular weight excluding hydrogens is 452 g/mol. The first kappa shape index (κ1) is 23.5. The minimum absolute atomic E-state index is 0.0116. The summed E-state index contributed by atoms with van der Waals surface area (Å²) in [7, 11) is 0. The number of unbranched alkanes of at least 4 members (excludes halogenated alkanes) is 1. The van der Waals surface area contributed by atoms with E-state index in [1.54, 1.807) is 0 Å². The van der Waals surface area contributed by atoms with Crippen molar-refractivity contribution in [2.75, 3.05) is 13.2 Å². The molecule has 3 aromatic heterocycles. The number of hydrogen-bond donors (Lipinski definition) is 1. The number of nitrogens with one attached hydrogen (secondary N) is 1. The van der Waals surface area contributed by atoms with Crippen LogP contribution >= 0.6 is 0 Å². The van der Waals surface area contributed by atoms with Gasteiger partial charge in [0.05, 0.1) is 12.3 Å². The lowest BCUT2D eigenvalue weighted by molar-refractivity contribution is -0.121. The third-order valence-corrected chi connectivity index (χ3v) is 6.16. The number of nitrogens with zero attached hydrogens (tertiary/aromatic N) is 5. The number of aromatic nitrogens is 5. The highest BCUT2D eigenvalue weighted by Crippen LogP contribution is 2.24. The van der Waals surface area contributed by atoms with Crippen molar-refractivity contribution in [3.8, 4) is 17.0 Å². The maximum atomic E-state index is 12.3. The van der Waals surface area contributed by atoms with E-state index in [0.717, 1.165) is 59.9 Å². The molecule has 5 rings (SSSR count). The molecule has 3 heterocycles. The Bertz CT molecular complexity index is 1440. The van der Waals surface area contributed by atoms with Gasteiger partial charge in [-0.2, -0.15) is 5.10 Å². The van der Waals surface area contributed by atoms with E-state index in [-0.39, 0.29) is 5.91 Å². The zero-order chi connectivity index (χ0) is 24.7. The second-order valence-corrected chi connectivity index (χ2v) is 8.78. The van der Waals surface area contributed by atoms with Crippen LogP contribution < -0.4 is 10.1 Å². The lowest BCUT2D eigenvalue weighted by Crippen LogP contribution is -2.26. The minimum Gasteiger partial charge on any atom is -0.494 e. The number of benzene rings is 2. The van der Waals surface area contributed by atoms with Gasteiger partial charge in [0.1, 0.15) is 17.1 Å². The van der Waals surface area contributed by atoms with Crippen molar-refractivity contribution >= 4 is 17.1 Å². The number of ether oxygens (including phenoxy) is 1. The summed E-state index contributed by atoms with van der Waals surface area (Å²) in [6, 6.07) is 20.1. The lowest BCUT2D eigenvalue weighted by Gasteiger charge is -2.05. The average Bonchev–Trinajstić information content (AvgIpc) is 3.53. The summed E-state index contributed by atoms with van der Waals surface area (Å²) in [5.41, 5.74) is 4.65. The number of aryl methyl sites for hydroxylation is 1. The molecule has 36 heavy (non-hydrogen) atoms. The van der Waals surface area contributed by atoms with E-state index in [4.69, 9.17) is 9.84 Å². The molecule has 0 aliphatic rings. The molecule has 8 heteroatoms. The molecule has 0 spiro atoms. The third-order valence-electron chi connectivity index (χ3n) is 6.16. The molecule has 8 nitrogen and oxygen atoms in total. The van der Waals surface area contributed by atoms with Crippen molar-refractivity contribution in [3.63, 3.8) is 0 Å². The minimum atomic E-state index is 0.0116. The molecule has 1 N–H and O–H groups in total. The summed E-state index contributed by atoms with van der Waals surface area (Å²) in [4.78, 5) is 12.3. The predicted molar refractivity (Wildman–Crippen MR) is 139 cm³/mol. The van der Waals surface area contributed by atoms with E-state index in [1.807, 2.05) is 69.8 Å². The van der Waals surface area contributed by atoms with Crippen LogP contribution in [0.4, 0.5) is 0 Å². The van der Waals surface area contributed by atoms with Gasteiger partial charge in [0.2, 0.25) is 5.91 Å². The molecule has 0 radical (unpaired) electrons. The van der Waals surface area contributed by atoms with Crippen molar-refractivity contribution < 1.29 is 9.53 Å². The standard InChI is InChI=1S/C28H30N6O2/c1-2-3-19-36-23-11-9-22(10-12-23)24-20-25-28-31-30-26(33(28)17-18-34(25)32-24)13-14-27(35)29-16-15-21-7-5-4-6-8-21/h4-12,17-18,20H,2-3,13-16,19H2,1H3,(H,29,35). The fraction of sp³-hybridized carbons (Fsp3) is 0.286. The van der Waals surface area contributed by atoms with Crippen LogP contribution in [-0.2, 0) is 17.6 Å². The predicted octanol–water partition coefficient (Wildman–Crippen LogP) is 4.51. The first-order valence-electron chi connectivity index (χ1n) is 12.5. The second-order valence-electron chi connectivity index (χ2n) is 8.78. The number of amides is 1. The van der Waals surface area contributed by atoms with Crippen molar-refractivity contribution in [1.29, 1.82) is 0 Å². The van der Waals surface area contributed by atoms with E-state index in [1.165, 1.54) is 5.56 Å². The van der Waals surface area contributed by atoms with Gasteiger partial charge in [0.15, 0.2) is 5.65 Å². The largest absolute Gasteiger partial charge is 0.494 e. The van der Waals surface area contributed by atoms with Gasteiger partial charge >= 0.3 is 0 Å². The lowest BCUT2D eigenvalue weighted by atomic mass is 10.1. The number of carbonyl (C=O) groups excluding carboxylic acids is 1. The zero-order valence-corrected chi connectivity index (χ0v) is 20.4. The quantitative estimate of drug-likeness (QED) is 0.280. The Labute approximate surface area is 209 Å². The fourth-order valence-electron chi connectivity index (χ4n) is 4.13. The van der Waals surface area contributed by atoms with E-state index in [0.29, 0.717) is 19.4 Å². The number of hydrogen-bond acceptors (Lipinski definition) is 5. The molecule has 0 aliphatic heterocycles. The molecule has 0 aliphatic carbocycles. The van der Waals surface area contributed by atoms with Gasteiger partial charge in [-0.05, 0) is 48.7 Å². The number of rotatable bonds is 11. The summed E-state index contributed by atoms with van der Waals surface area (Å²) < 4.78 is 9.51. The molecule has 0 saturated carbocycles. The second kappa shape index (κ2) is 11.0. The Kier molecular flexibility index (Phi) is 7.21. The van der Waals surface area contributed by atoms with Crippen LogP contribution in [0, 0.1) is 0 Å². The fourth-order valence-corrected chi connectivity index (χ4v) is 4.13. The van der Waals surface area contributed by atoms with E-state index < -0.39 is 0 Å². The summed E-state index contributed by atoms with van der Waals surface area (Å²) >= 11 is 0. The zero-order valence-electron chi connectivity index (χ0n) is 20.4. The summed E-state index contributed by atoms with van der Waals surface area (Å²) in [6.07, 6.45) is 7.63. The summed E-state index contributed by atoms with van der Waals surface area (Å²) in [5, 5.41) is 16.4. The van der Waals surface area contributed by atoms with Crippen molar-refractivity contribution in [3.05, 3.63) is 84.4 Å². The summed E-state index contributed by atoms with van der Waals surface area (Å²) in [6.45, 7) is 3.50. The van der Waals surface area contributed by atoms with E-state index >= 15 is 0 Å². The van der Waals surface area contributed by atoms with E-state index in [9.17, 15) is 4.79 Å². The van der Waals surface area contributed by atoms with Crippen LogP contribution in [0.5, 0.6) is 5.75 Å². The Morgan fingerprint density at radius 2 is 1.83 bits per heavy atom. The maximum Gasteiger partial charge on any atom is 0.220 e. The van der Waals surface area contributed by atoms with Gasteiger partial charge in [0, 0.05) is 37.3 Å². The molecular formula is C28H30N6O2. The first-order valence-corrected chi connectivity index (χ1v) is 12.5. The molecule has 0 atom stereocenters. The Balaban J connectivity index is 1.23. The van der Waals surface area contributed by atoms with Gasteiger partial charge in [-0.1, -0.05) is 43.7 Å². The molecule has 1 amide bonds. The van der Waals surface area contributed by atoms with Gasteiger partial charge in [-0.25, -0.2) is 4.52 Å². The van der Waals surface area contributed by atoms with Crippen LogP contribution in [0.3, 0.4) is 0 Å². The third kappa shape index (κ3) is 5.38. The van der Waals surface area contributed by atoms with Gasteiger partial charge < -0.3 is 10.1 Å². The highest BCUT2D eigenvalue weighted by molar-refractivity contribution is 5.77. The molecule has 0 saturated heterocycles. The molecule has 184 valence electrons. The molecule has 0 bridgehead atoms. The highest BCUT2D eigenvalue weighted by atomic mass is 16.5. The van der Waals surface area contributed by atoms with Crippen molar-refractivity contribution in [2.24, 2.45) is 0 Å². The van der Waals surface area contributed by atoms with Crippen molar-refractivity contribution in [2.45, 2.75) is 39.0 Å². The molecule has 5 aromatic rings.